The number of hydroxylamine groups is 1. The van der Waals surface area contributed by atoms with Crippen molar-refractivity contribution in [2.45, 2.75) is 32.2 Å². The van der Waals surface area contributed by atoms with Gasteiger partial charge in [0.1, 0.15) is 0 Å². The van der Waals surface area contributed by atoms with Gasteiger partial charge in [0.05, 0.1) is 17.7 Å². The Morgan fingerprint density at radius 1 is 1.22 bits per heavy atom. The van der Waals surface area contributed by atoms with Crippen molar-refractivity contribution in [1.29, 1.82) is 0 Å². The van der Waals surface area contributed by atoms with Gasteiger partial charge in [-0.3, -0.25) is 19.8 Å². The van der Waals surface area contributed by atoms with Crippen LogP contribution in [0.25, 0.3) is 0 Å². The predicted molar refractivity (Wildman–Crippen MR) is 105 cm³/mol. The second-order valence-electron chi connectivity index (χ2n) is 7.18. The van der Waals surface area contributed by atoms with Crippen molar-refractivity contribution in [2.24, 2.45) is 5.41 Å². The lowest BCUT2D eigenvalue weighted by Gasteiger charge is -2.33. The Labute approximate surface area is 165 Å². The molecule has 2 aromatic rings. The van der Waals surface area contributed by atoms with Gasteiger partial charge in [-0.05, 0) is 61.1 Å². The zero-order valence-electron chi connectivity index (χ0n) is 14.9. The number of fused-ring (bicyclic) bond motifs is 1. The van der Waals surface area contributed by atoms with Crippen molar-refractivity contribution in [3.63, 3.8) is 0 Å². The highest BCUT2D eigenvalue weighted by atomic mass is 32.1. The van der Waals surface area contributed by atoms with E-state index in [0.29, 0.717) is 18.5 Å². The van der Waals surface area contributed by atoms with Gasteiger partial charge in [-0.15, -0.1) is 0 Å². The number of pyridine rings is 1. The summed E-state index contributed by atoms with van der Waals surface area (Å²) in [7, 11) is 0. The van der Waals surface area contributed by atoms with Crippen LogP contribution in [0.15, 0.2) is 42.6 Å². The first kappa shape index (κ1) is 19.4. The van der Waals surface area contributed by atoms with Gasteiger partial charge < -0.3 is 4.90 Å². The van der Waals surface area contributed by atoms with E-state index in [1.165, 1.54) is 0 Å². The molecular weight excluding hydrogens is 362 g/mol. The number of likely N-dealkylation sites (tertiary alicyclic amines) is 1. The minimum Gasteiger partial charge on any atom is -0.336 e. The topological polar surface area (TPSA) is 82.5 Å². The molecule has 6 nitrogen and oxygen atoms in total. The van der Waals surface area contributed by atoms with E-state index < -0.39 is 5.91 Å². The van der Waals surface area contributed by atoms with E-state index in [4.69, 9.17) is 5.21 Å². The number of hydrogen-bond acceptors (Lipinski definition) is 4. The van der Waals surface area contributed by atoms with Crippen LogP contribution in [0.5, 0.6) is 0 Å². The van der Waals surface area contributed by atoms with Crippen LogP contribution in [0.4, 0.5) is 0 Å². The number of aryl methyl sites for hydroxylation is 1. The molecule has 27 heavy (non-hydrogen) atoms. The van der Waals surface area contributed by atoms with Gasteiger partial charge in [-0.1, -0.05) is 12.1 Å². The molecule has 1 aliphatic carbocycles. The Morgan fingerprint density at radius 2 is 2.07 bits per heavy atom. The van der Waals surface area contributed by atoms with Crippen molar-refractivity contribution >= 4 is 25.3 Å². The number of rotatable bonds is 3. The van der Waals surface area contributed by atoms with Gasteiger partial charge in [0.25, 0.3) is 5.91 Å². The molecule has 7 heteroatoms. The Bertz CT molecular complexity index is 859. The highest BCUT2D eigenvalue weighted by molar-refractivity contribution is 7.59. The van der Waals surface area contributed by atoms with E-state index in [0.717, 1.165) is 42.6 Å². The third-order valence-corrected chi connectivity index (χ3v) is 5.65. The Morgan fingerprint density at radius 3 is 2.81 bits per heavy atom. The summed E-state index contributed by atoms with van der Waals surface area (Å²) in [6.45, 7) is 1.32. The van der Waals surface area contributed by atoms with Gasteiger partial charge in [0.15, 0.2) is 0 Å². The molecule has 0 radical (unpaired) electrons. The summed E-state index contributed by atoms with van der Waals surface area (Å²) in [4.78, 5) is 31.0. The molecular formula is C20H23N3O3S. The zero-order chi connectivity index (χ0) is 18.1. The average molecular weight is 385 g/mol. The van der Waals surface area contributed by atoms with Crippen LogP contribution >= 0.6 is 13.5 Å². The Kier molecular flexibility index (Phi) is 5.53. The first-order valence-corrected chi connectivity index (χ1v) is 8.87. The number of aromatic nitrogens is 1. The molecule has 0 saturated carbocycles. The maximum absolute atomic E-state index is 13.1. The van der Waals surface area contributed by atoms with Crippen molar-refractivity contribution < 1.29 is 14.8 Å². The van der Waals surface area contributed by atoms with E-state index in [-0.39, 0.29) is 24.8 Å². The smallest absolute Gasteiger partial charge is 0.274 e. The second-order valence-corrected chi connectivity index (χ2v) is 7.18. The highest BCUT2D eigenvalue weighted by Gasteiger charge is 2.48. The summed E-state index contributed by atoms with van der Waals surface area (Å²) >= 11 is 0. The van der Waals surface area contributed by atoms with Crippen LogP contribution in [0.2, 0.25) is 0 Å². The SMILES string of the molecule is O=C(NO)c1ccc2c(c1)CC[C@@]1(CCN(Cc3ccccn3)C1=O)C2.S. The quantitative estimate of drug-likeness (QED) is 0.627. The fourth-order valence-electron chi connectivity index (χ4n) is 4.19. The number of carbonyl (C=O) groups excluding carboxylic acids is 2. The molecule has 0 unspecified atom stereocenters. The van der Waals surface area contributed by atoms with Crippen molar-refractivity contribution in [3.8, 4) is 0 Å². The molecule has 1 aromatic carbocycles. The molecule has 142 valence electrons. The van der Waals surface area contributed by atoms with E-state index >= 15 is 0 Å². The number of carbonyl (C=O) groups is 2. The molecule has 4 rings (SSSR count). The molecule has 1 fully saturated rings. The van der Waals surface area contributed by atoms with E-state index in [2.05, 4.69) is 4.98 Å². The molecule has 1 spiro atoms. The van der Waals surface area contributed by atoms with Crippen LogP contribution < -0.4 is 5.48 Å². The summed E-state index contributed by atoms with van der Waals surface area (Å²) in [5.41, 5.74) is 4.90. The Hall–Kier alpha value is -2.38. The largest absolute Gasteiger partial charge is 0.336 e. The van der Waals surface area contributed by atoms with Gasteiger partial charge in [0, 0.05) is 18.3 Å². The van der Waals surface area contributed by atoms with Gasteiger partial charge in [0.2, 0.25) is 5.91 Å². The van der Waals surface area contributed by atoms with Gasteiger partial charge in [-0.2, -0.15) is 13.5 Å². The van der Waals surface area contributed by atoms with Crippen molar-refractivity contribution in [1.82, 2.24) is 15.4 Å². The summed E-state index contributed by atoms with van der Waals surface area (Å²) < 4.78 is 0. The number of nitrogens with one attached hydrogen (secondary N) is 1. The van der Waals surface area contributed by atoms with E-state index in [1.54, 1.807) is 17.7 Å². The van der Waals surface area contributed by atoms with Crippen LogP contribution in [0, 0.1) is 5.41 Å². The monoisotopic (exact) mass is 385 g/mol. The van der Waals surface area contributed by atoms with Crippen molar-refractivity contribution in [3.05, 3.63) is 65.0 Å². The van der Waals surface area contributed by atoms with Crippen LogP contribution in [-0.4, -0.2) is 33.5 Å². The third kappa shape index (κ3) is 3.57. The average Bonchev–Trinajstić information content (AvgIpc) is 2.97. The number of nitrogens with zero attached hydrogens (tertiary/aromatic N) is 2. The molecule has 0 bridgehead atoms. The Balaban J connectivity index is 0.00000210. The lowest BCUT2D eigenvalue weighted by molar-refractivity contribution is -0.137. The number of hydrogen-bond donors (Lipinski definition) is 2. The summed E-state index contributed by atoms with van der Waals surface area (Å²) in [6.07, 6.45) is 4.88. The fourth-order valence-corrected chi connectivity index (χ4v) is 4.19. The molecule has 2 heterocycles. The van der Waals surface area contributed by atoms with Gasteiger partial charge >= 0.3 is 0 Å². The summed E-state index contributed by atoms with van der Waals surface area (Å²) in [5, 5.41) is 8.79. The maximum atomic E-state index is 13.1. The molecule has 1 atom stereocenters. The van der Waals surface area contributed by atoms with E-state index in [1.807, 2.05) is 35.2 Å². The molecule has 2 N–H and O–H groups in total. The normalized spacial score (nSPS) is 20.9. The van der Waals surface area contributed by atoms with Gasteiger partial charge in [-0.25, -0.2) is 5.48 Å². The lowest BCUT2D eigenvalue weighted by Crippen LogP contribution is -2.38. The predicted octanol–water partition coefficient (Wildman–Crippen LogP) is 2.22. The minimum atomic E-state index is -0.508. The zero-order valence-corrected chi connectivity index (χ0v) is 15.9. The first-order valence-electron chi connectivity index (χ1n) is 8.87. The second kappa shape index (κ2) is 7.70. The number of amides is 2. The van der Waals surface area contributed by atoms with E-state index in [9.17, 15) is 9.59 Å². The fraction of sp³-hybridized carbons (Fsp3) is 0.350. The molecule has 1 aliphatic heterocycles. The van der Waals surface area contributed by atoms with Crippen LogP contribution in [0.3, 0.4) is 0 Å². The molecule has 2 aliphatic rings. The van der Waals surface area contributed by atoms with Crippen LogP contribution in [-0.2, 0) is 24.2 Å². The van der Waals surface area contributed by atoms with Crippen molar-refractivity contribution in [2.75, 3.05) is 6.54 Å². The molecule has 1 saturated heterocycles. The standard InChI is InChI=1S/C20H21N3O3.H2S/c24-18(22-26)15-4-5-16-12-20(7-6-14(16)11-15)8-10-23(19(20)25)13-17-3-1-2-9-21-17;/h1-5,9,11,26H,6-8,10,12-13H2,(H,22,24);1H2/t20-;/m1./s1. The summed E-state index contributed by atoms with van der Waals surface area (Å²) in [6, 6.07) is 11.2. The first-order chi connectivity index (χ1) is 12.6. The van der Waals surface area contributed by atoms with Crippen LogP contribution in [0.1, 0.15) is 40.0 Å². The third-order valence-electron chi connectivity index (χ3n) is 5.65. The highest BCUT2D eigenvalue weighted by Crippen LogP contribution is 2.44. The lowest BCUT2D eigenvalue weighted by atomic mass is 9.70. The number of benzene rings is 1. The minimum absolute atomic E-state index is 0. The molecule has 1 aromatic heterocycles. The molecule has 2 amide bonds. The summed E-state index contributed by atoms with van der Waals surface area (Å²) in [5.74, 6) is -0.294. The maximum Gasteiger partial charge on any atom is 0.274 e.